The Morgan fingerprint density at radius 1 is 1.30 bits per heavy atom. The molecule has 2 saturated heterocycles. The van der Waals surface area contributed by atoms with E-state index in [-0.39, 0.29) is 29.8 Å². The Morgan fingerprint density at radius 2 is 2.00 bits per heavy atom. The minimum absolute atomic E-state index is 0.0694. The molecular formula is C17H19ClF3N5O4. The molecule has 1 spiro atoms. The van der Waals surface area contributed by atoms with Crippen molar-refractivity contribution in [1.29, 1.82) is 0 Å². The molecule has 3 N–H and O–H groups in total. The number of aromatic nitrogens is 1. The van der Waals surface area contributed by atoms with Crippen LogP contribution in [0.1, 0.15) is 18.4 Å². The van der Waals surface area contributed by atoms with Gasteiger partial charge in [0.15, 0.2) is 17.6 Å². The van der Waals surface area contributed by atoms with E-state index < -0.39 is 35.5 Å². The van der Waals surface area contributed by atoms with E-state index in [0.29, 0.717) is 25.9 Å². The van der Waals surface area contributed by atoms with E-state index in [4.69, 9.17) is 31.8 Å². The van der Waals surface area contributed by atoms with Crippen molar-refractivity contribution < 1.29 is 32.3 Å². The minimum Gasteiger partial charge on any atom is -0.389 e. The molecule has 0 aromatic carbocycles. The van der Waals surface area contributed by atoms with E-state index in [0.717, 1.165) is 12.3 Å². The highest BCUT2D eigenvalue weighted by molar-refractivity contribution is 6.39. The molecule has 0 bridgehead atoms. The first-order chi connectivity index (χ1) is 14.2. The van der Waals surface area contributed by atoms with Crippen molar-refractivity contribution in [2.24, 2.45) is 16.9 Å². The summed E-state index contributed by atoms with van der Waals surface area (Å²) in [5, 5.41) is 3.70. The van der Waals surface area contributed by atoms with Crippen molar-refractivity contribution in [3.63, 3.8) is 0 Å². The van der Waals surface area contributed by atoms with Crippen molar-refractivity contribution >= 4 is 29.0 Å². The quantitative estimate of drug-likeness (QED) is 0.399. The van der Waals surface area contributed by atoms with Gasteiger partial charge in [0.2, 0.25) is 0 Å². The number of hydrogen-bond donors (Lipinski definition) is 2. The first-order valence-corrected chi connectivity index (χ1v) is 9.60. The van der Waals surface area contributed by atoms with Gasteiger partial charge in [-0.1, -0.05) is 16.8 Å². The van der Waals surface area contributed by atoms with Crippen molar-refractivity contribution in [2.45, 2.75) is 30.9 Å². The first kappa shape index (κ1) is 21.1. The minimum atomic E-state index is -4.51. The molecule has 13 heteroatoms. The van der Waals surface area contributed by atoms with E-state index in [1.807, 2.05) is 5.43 Å². The van der Waals surface area contributed by atoms with Crippen LogP contribution in [0.4, 0.5) is 19.0 Å². The predicted molar refractivity (Wildman–Crippen MR) is 98.5 cm³/mol. The smallest absolute Gasteiger partial charge is 0.389 e. The summed E-state index contributed by atoms with van der Waals surface area (Å²) in [4.78, 5) is 22.8. The van der Waals surface area contributed by atoms with Gasteiger partial charge in [-0.15, -0.1) is 0 Å². The average Bonchev–Trinajstić information content (AvgIpc) is 3.05. The fourth-order valence-electron chi connectivity index (χ4n) is 3.74. The molecule has 1 amide bonds. The van der Waals surface area contributed by atoms with E-state index in [1.54, 1.807) is 4.90 Å². The summed E-state index contributed by atoms with van der Waals surface area (Å²) in [6.45, 7) is 1.17. The zero-order chi connectivity index (χ0) is 21.5. The number of amides is 1. The van der Waals surface area contributed by atoms with Gasteiger partial charge in [0, 0.05) is 32.1 Å². The average molecular weight is 450 g/mol. The summed E-state index contributed by atoms with van der Waals surface area (Å²) in [7, 11) is 0. The molecule has 0 aliphatic carbocycles. The normalized spacial score (nSPS) is 25.9. The lowest BCUT2D eigenvalue weighted by atomic mass is 9.98. The van der Waals surface area contributed by atoms with Gasteiger partial charge in [0.25, 0.3) is 5.91 Å². The van der Waals surface area contributed by atoms with Crippen molar-refractivity contribution in [3.8, 4) is 0 Å². The summed E-state index contributed by atoms with van der Waals surface area (Å²) in [6.07, 6.45) is -3.33. The van der Waals surface area contributed by atoms with E-state index in [9.17, 15) is 18.0 Å². The van der Waals surface area contributed by atoms with Crippen molar-refractivity contribution in [2.75, 3.05) is 31.2 Å². The second-order valence-corrected chi connectivity index (χ2v) is 7.65. The number of hydrazine groups is 1. The third kappa shape index (κ3) is 3.92. The number of halogens is 4. The van der Waals surface area contributed by atoms with E-state index >= 15 is 0 Å². The van der Waals surface area contributed by atoms with Crippen LogP contribution in [0.15, 0.2) is 17.4 Å². The third-order valence-electron chi connectivity index (χ3n) is 5.46. The van der Waals surface area contributed by atoms with Crippen LogP contribution in [-0.4, -0.2) is 54.8 Å². The maximum Gasteiger partial charge on any atom is 0.417 e. The van der Waals surface area contributed by atoms with Gasteiger partial charge in [-0.05, 0) is 6.07 Å². The first-order valence-electron chi connectivity index (χ1n) is 9.23. The lowest BCUT2D eigenvalue weighted by molar-refractivity contribution is -0.240. The Morgan fingerprint density at radius 3 is 2.63 bits per heavy atom. The molecular weight excluding hydrogens is 431 g/mol. The van der Waals surface area contributed by atoms with Crippen LogP contribution in [0.5, 0.6) is 0 Å². The number of pyridine rings is 1. The number of nitrogens with two attached hydrogens (primary N) is 1. The molecule has 164 valence electrons. The number of piperidine rings is 1. The van der Waals surface area contributed by atoms with Crippen LogP contribution in [0.25, 0.3) is 0 Å². The van der Waals surface area contributed by atoms with Gasteiger partial charge in [-0.25, -0.2) is 10.8 Å². The zero-order valence-corrected chi connectivity index (χ0v) is 16.4. The summed E-state index contributed by atoms with van der Waals surface area (Å²) < 4.78 is 50.5. The lowest BCUT2D eigenvalue weighted by Gasteiger charge is -2.41. The number of fused-ring (bicyclic) bond motifs is 1. The molecule has 1 aromatic rings. The van der Waals surface area contributed by atoms with Crippen molar-refractivity contribution in [3.05, 3.63) is 22.8 Å². The number of carbonyl (C=O) groups is 1. The number of rotatable bonds is 2. The fraction of sp³-hybridized carbons (Fsp3) is 0.588. The second kappa shape index (κ2) is 7.84. The molecule has 30 heavy (non-hydrogen) atoms. The van der Waals surface area contributed by atoms with Crippen LogP contribution < -0.4 is 16.2 Å². The largest absolute Gasteiger partial charge is 0.417 e. The Balaban J connectivity index is 1.41. The fourth-order valence-corrected chi connectivity index (χ4v) is 4.03. The summed E-state index contributed by atoms with van der Waals surface area (Å²) >= 11 is 6.05. The van der Waals surface area contributed by atoms with E-state index in [1.165, 1.54) is 0 Å². The highest BCUT2D eigenvalue weighted by Crippen LogP contribution is 2.38. The summed E-state index contributed by atoms with van der Waals surface area (Å²) in [5.74, 6) is 3.61. The summed E-state index contributed by atoms with van der Waals surface area (Å²) in [6, 6.07) is 0.870. The molecule has 0 saturated carbocycles. The molecule has 3 aliphatic rings. The summed E-state index contributed by atoms with van der Waals surface area (Å²) in [5.41, 5.74) is 1.29. The molecule has 1 aromatic heterocycles. The Kier molecular flexibility index (Phi) is 5.51. The Hall–Kier alpha value is -2.15. The number of hydrogen-bond acceptors (Lipinski definition) is 8. The predicted octanol–water partition coefficient (Wildman–Crippen LogP) is 1.46. The maximum atomic E-state index is 12.8. The van der Waals surface area contributed by atoms with Crippen LogP contribution in [-0.2, 0) is 25.3 Å². The van der Waals surface area contributed by atoms with Crippen molar-refractivity contribution in [1.82, 2.24) is 10.4 Å². The third-order valence-corrected chi connectivity index (χ3v) is 5.74. The van der Waals surface area contributed by atoms with E-state index in [2.05, 4.69) is 10.1 Å². The topological polar surface area (TPSA) is 111 Å². The molecule has 3 aliphatic heterocycles. The molecule has 2 fully saturated rings. The molecule has 0 unspecified atom stereocenters. The molecule has 2 atom stereocenters. The maximum absolute atomic E-state index is 12.8. The van der Waals surface area contributed by atoms with Crippen LogP contribution in [0.2, 0.25) is 5.02 Å². The lowest BCUT2D eigenvalue weighted by Crippen LogP contribution is -2.48. The SMILES string of the molecule is NNC(=O)C1=NO[C@@H]2COC3(CCN(c4ncc(C(F)(F)F)cc4Cl)CC3)OC[C@@H]12. The number of alkyl halides is 3. The van der Waals surface area contributed by atoms with Gasteiger partial charge in [0.1, 0.15) is 5.82 Å². The zero-order valence-electron chi connectivity index (χ0n) is 15.6. The second-order valence-electron chi connectivity index (χ2n) is 7.25. The molecule has 4 heterocycles. The Bertz CT molecular complexity index is 860. The monoisotopic (exact) mass is 449 g/mol. The number of anilines is 1. The number of nitrogens with zero attached hydrogens (tertiary/aromatic N) is 3. The highest BCUT2D eigenvalue weighted by Gasteiger charge is 2.47. The van der Waals surface area contributed by atoms with Gasteiger partial charge >= 0.3 is 6.18 Å². The van der Waals surface area contributed by atoms with Gasteiger partial charge < -0.3 is 19.2 Å². The van der Waals surface area contributed by atoms with Gasteiger partial charge in [-0.2, -0.15) is 13.2 Å². The van der Waals surface area contributed by atoms with Crippen LogP contribution in [0.3, 0.4) is 0 Å². The number of ether oxygens (including phenoxy) is 2. The van der Waals surface area contributed by atoms with Crippen LogP contribution >= 0.6 is 11.6 Å². The highest BCUT2D eigenvalue weighted by atomic mass is 35.5. The number of oxime groups is 1. The standard InChI is InChI=1S/C17H19ClF3N5O4/c18-11-5-9(17(19,20)21)6-23-14(11)26-3-1-16(2-4-26)28-7-10-12(8-29-16)30-25-13(10)15(27)24-22/h5-6,10,12H,1-4,7-8,22H2,(H,24,27)/t10-,12-/m1/s1. The molecule has 0 radical (unpaired) electrons. The van der Waals surface area contributed by atoms with Gasteiger partial charge in [0.05, 0.1) is 29.7 Å². The Labute approximate surface area is 174 Å². The molecule has 9 nitrogen and oxygen atoms in total. The van der Waals surface area contributed by atoms with Crippen LogP contribution in [0, 0.1) is 5.92 Å². The van der Waals surface area contributed by atoms with Gasteiger partial charge in [-0.3, -0.25) is 10.2 Å². The molecule has 4 rings (SSSR count). The number of carbonyl (C=O) groups excluding carboxylic acids is 1. The number of nitrogens with one attached hydrogen (secondary N) is 1.